The number of nitrogens with zero attached hydrogens (tertiary/aromatic N) is 1. The van der Waals surface area contributed by atoms with E-state index in [1.54, 1.807) is 0 Å². The third kappa shape index (κ3) is 2.50. The molecular weight excluding hydrogens is 344 g/mol. The van der Waals surface area contributed by atoms with Crippen molar-refractivity contribution in [2.45, 2.75) is 38.0 Å². The fourth-order valence-electron chi connectivity index (χ4n) is 3.44. The number of benzene rings is 1. The molecule has 4 atom stereocenters. The van der Waals surface area contributed by atoms with Gasteiger partial charge < -0.3 is 10.5 Å². The number of nitriles is 1. The second-order valence-electron chi connectivity index (χ2n) is 5.69. The van der Waals surface area contributed by atoms with Crippen molar-refractivity contribution in [2.24, 2.45) is 11.7 Å². The predicted octanol–water partition coefficient (Wildman–Crippen LogP) is 2.48. The minimum absolute atomic E-state index is 0.0848. The monoisotopic (exact) mass is 362 g/mol. The molecule has 0 aromatic heterocycles. The van der Waals surface area contributed by atoms with E-state index in [1.165, 1.54) is 0 Å². The van der Waals surface area contributed by atoms with Gasteiger partial charge in [-0.1, -0.05) is 47.5 Å². The quantitative estimate of drug-likeness (QED) is 0.769. The number of hydrogen-bond donors (Lipinski definition) is 3. The molecule has 1 fully saturated rings. The summed E-state index contributed by atoms with van der Waals surface area (Å²) in [6, 6.07) is 10.5. The molecule has 0 bridgehead atoms. The number of ether oxygens (including phenoxy) is 1. The molecule has 2 aliphatic heterocycles. The Labute approximate surface area is 138 Å². The molecule has 1 aromatic rings. The predicted molar refractivity (Wildman–Crippen MR) is 87.0 cm³/mol. The normalized spacial score (nSPS) is 30.6. The fraction of sp³-hybridized carbons (Fsp3) is 0.438. The lowest BCUT2D eigenvalue weighted by Crippen LogP contribution is -2.41. The molecule has 0 amide bonds. The lowest BCUT2D eigenvalue weighted by atomic mass is 9.75. The number of nitrogens with two attached hydrogens (primary N) is 1. The van der Waals surface area contributed by atoms with Gasteiger partial charge in [0.15, 0.2) is 6.23 Å². The summed E-state index contributed by atoms with van der Waals surface area (Å²) in [5, 5.41) is 9.60. The van der Waals surface area contributed by atoms with Crippen molar-refractivity contribution in [1.29, 1.82) is 5.26 Å². The largest absolute Gasteiger partial charge is 0.458 e. The van der Waals surface area contributed by atoms with Crippen LogP contribution in [0.3, 0.4) is 0 Å². The summed E-state index contributed by atoms with van der Waals surface area (Å²) in [7, 11) is 0. The van der Waals surface area contributed by atoms with Crippen molar-refractivity contribution in [3.63, 3.8) is 0 Å². The molecule has 0 saturated carbocycles. The van der Waals surface area contributed by atoms with E-state index in [-0.39, 0.29) is 30.0 Å². The third-order valence-corrected chi connectivity index (χ3v) is 5.12. The van der Waals surface area contributed by atoms with Crippen LogP contribution in [0.2, 0.25) is 0 Å². The van der Waals surface area contributed by atoms with Crippen molar-refractivity contribution in [1.82, 2.24) is 10.9 Å². The number of fused-ring (bicyclic) bond motifs is 1. The van der Waals surface area contributed by atoms with Gasteiger partial charge in [0.1, 0.15) is 6.07 Å². The van der Waals surface area contributed by atoms with Gasteiger partial charge in [0.2, 0.25) is 5.88 Å². The second kappa shape index (κ2) is 6.29. The van der Waals surface area contributed by atoms with Crippen LogP contribution in [0.15, 0.2) is 40.2 Å². The molecule has 0 radical (unpaired) electrons. The zero-order valence-corrected chi connectivity index (χ0v) is 13.9. The minimum Gasteiger partial charge on any atom is -0.458 e. The Balaban J connectivity index is 2.10. The van der Waals surface area contributed by atoms with E-state index in [0.717, 1.165) is 22.9 Å². The molecule has 2 heterocycles. The molecule has 5 nitrogen and oxygen atoms in total. The van der Waals surface area contributed by atoms with Gasteiger partial charge in [-0.2, -0.15) is 5.26 Å². The standard InChI is InChI=1S/C16H19BrN4O/c1-2-5-12-14-13(9-6-3-4-7-11(9)17)10(8-18)15(19)22-16(14)21-20-12/h3-4,6-7,12-14,16,20-21H,2,5,19H2,1H3. The van der Waals surface area contributed by atoms with Crippen LogP contribution in [0.4, 0.5) is 0 Å². The maximum atomic E-state index is 9.60. The van der Waals surface area contributed by atoms with Crippen LogP contribution in [-0.2, 0) is 4.74 Å². The topological polar surface area (TPSA) is 83.1 Å². The molecule has 3 rings (SSSR count). The van der Waals surface area contributed by atoms with Gasteiger partial charge in [-0.05, 0) is 18.1 Å². The third-order valence-electron chi connectivity index (χ3n) is 4.40. The molecule has 116 valence electrons. The van der Waals surface area contributed by atoms with Gasteiger partial charge >= 0.3 is 0 Å². The first kappa shape index (κ1) is 15.3. The van der Waals surface area contributed by atoms with Crippen molar-refractivity contribution in [2.75, 3.05) is 0 Å². The Bertz CT molecular complexity index is 639. The average molecular weight is 363 g/mol. The highest BCUT2D eigenvalue weighted by atomic mass is 79.9. The van der Waals surface area contributed by atoms with E-state index in [0.29, 0.717) is 5.57 Å². The molecule has 1 saturated heterocycles. The zero-order chi connectivity index (χ0) is 15.7. The lowest BCUT2D eigenvalue weighted by molar-refractivity contribution is 0.0336. The van der Waals surface area contributed by atoms with E-state index in [4.69, 9.17) is 10.5 Å². The van der Waals surface area contributed by atoms with Crippen LogP contribution < -0.4 is 16.6 Å². The van der Waals surface area contributed by atoms with Gasteiger partial charge in [-0.25, -0.2) is 5.43 Å². The van der Waals surface area contributed by atoms with E-state index in [9.17, 15) is 5.26 Å². The smallest absolute Gasteiger partial charge is 0.200 e. The Morgan fingerprint density at radius 3 is 2.82 bits per heavy atom. The zero-order valence-electron chi connectivity index (χ0n) is 12.3. The first-order chi connectivity index (χ1) is 10.7. The number of hydrazine groups is 1. The Morgan fingerprint density at radius 1 is 1.36 bits per heavy atom. The summed E-state index contributed by atoms with van der Waals surface area (Å²) in [5.41, 5.74) is 14.1. The first-order valence-electron chi connectivity index (χ1n) is 7.49. The molecule has 1 aromatic carbocycles. The van der Waals surface area contributed by atoms with Crippen LogP contribution in [0.1, 0.15) is 31.2 Å². The van der Waals surface area contributed by atoms with Gasteiger partial charge in [0.25, 0.3) is 0 Å². The van der Waals surface area contributed by atoms with Crippen LogP contribution >= 0.6 is 15.9 Å². The van der Waals surface area contributed by atoms with Crippen molar-refractivity contribution in [3.05, 3.63) is 45.8 Å². The van der Waals surface area contributed by atoms with Gasteiger partial charge in [0.05, 0.1) is 5.57 Å². The van der Waals surface area contributed by atoms with Crippen molar-refractivity contribution >= 4 is 15.9 Å². The molecule has 4 N–H and O–H groups in total. The molecule has 22 heavy (non-hydrogen) atoms. The van der Waals surface area contributed by atoms with Crippen LogP contribution in [0.5, 0.6) is 0 Å². The highest BCUT2D eigenvalue weighted by Gasteiger charge is 2.48. The van der Waals surface area contributed by atoms with Gasteiger partial charge in [-0.15, -0.1) is 0 Å². The molecule has 4 unspecified atom stereocenters. The highest BCUT2D eigenvalue weighted by Crippen LogP contribution is 2.45. The number of hydrogen-bond acceptors (Lipinski definition) is 5. The number of halogens is 1. The molecule has 2 aliphatic rings. The molecule has 6 heteroatoms. The summed E-state index contributed by atoms with van der Waals surface area (Å²) in [6.07, 6.45) is 1.86. The minimum atomic E-state index is -0.217. The number of nitrogens with one attached hydrogen (secondary N) is 2. The summed E-state index contributed by atoms with van der Waals surface area (Å²) in [6.45, 7) is 2.15. The van der Waals surface area contributed by atoms with Crippen LogP contribution in [-0.4, -0.2) is 12.3 Å². The van der Waals surface area contributed by atoms with Crippen LogP contribution in [0, 0.1) is 17.2 Å². The summed E-state index contributed by atoms with van der Waals surface area (Å²) >= 11 is 3.61. The Morgan fingerprint density at radius 2 is 2.14 bits per heavy atom. The molecular formula is C16H19BrN4O. The fourth-order valence-corrected chi connectivity index (χ4v) is 3.98. The lowest BCUT2D eigenvalue weighted by Gasteiger charge is -2.36. The summed E-state index contributed by atoms with van der Waals surface area (Å²) < 4.78 is 6.72. The number of rotatable bonds is 3. The number of allylic oxidation sites excluding steroid dienone is 1. The first-order valence-corrected chi connectivity index (χ1v) is 8.28. The van der Waals surface area contributed by atoms with Crippen molar-refractivity contribution in [3.8, 4) is 6.07 Å². The summed E-state index contributed by atoms with van der Waals surface area (Å²) in [5.74, 6) is 0.259. The van der Waals surface area contributed by atoms with Crippen molar-refractivity contribution < 1.29 is 4.74 Å². The molecule has 0 aliphatic carbocycles. The Kier molecular flexibility index (Phi) is 4.39. The maximum absolute atomic E-state index is 9.60. The second-order valence-corrected chi connectivity index (χ2v) is 6.54. The SMILES string of the molecule is CCCC1NNC2OC(N)=C(C#N)C(c3ccccc3Br)C12. The Hall–Kier alpha value is -1.55. The van der Waals surface area contributed by atoms with Crippen LogP contribution in [0.25, 0.3) is 0 Å². The van der Waals surface area contributed by atoms with Gasteiger partial charge in [-0.3, -0.25) is 5.43 Å². The van der Waals surface area contributed by atoms with E-state index >= 15 is 0 Å². The summed E-state index contributed by atoms with van der Waals surface area (Å²) in [4.78, 5) is 0. The maximum Gasteiger partial charge on any atom is 0.200 e. The van der Waals surface area contributed by atoms with E-state index in [1.807, 2.05) is 24.3 Å². The highest BCUT2D eigenvalue weighted by molar-refractivity contribution is 9.10. The van der Waals surface area contributed by atoms with E-state index in [2.05, 4.69) is 39.8 Å². The average Bonchev–Trinajstić information content (AvgIpc) is 2.89. The van der Waals surface area contributed by atoms with Gasteiger partial charge in [0, 0.05) is 22.4 Å². The van der Waals surface area contributed by atoms with E-state index < -0.39 is 0 Å². The molecule has 0 spiro atoms.